The third kappa shape index (κ3) is 2.54. The van der Waals surface area contributed by atoms with Gasteiger partial charge in [-0.15, -0.1) is 0 Å². The maximum atomic E-state index is 12.0. The second-order valence-electron chi connectivity index (χ2n) is 4.29. The van der Waals surface area contributed by atoms with E-state index in [1.807, 2.05) is 0 Å². The van der Waals surface area contributed by atoms with Gasteiger partial charge >= 0.3 is 5.97 Å². The van der Waals surface area contributed by atoms with E-state index in [2.05, 4.69) is 0 Å². The first kappa shape index (κ1) is 11.8. The Balaban J connectivity index is 2.15. The normalized spacial score (nSPS) is 15.1. The molecule has 1 aromatic rings. The van der Waals surface area contributed by atoms with Crippen LogP contribution in [0.15, 0.2) is 24.3 Å². The first-order chi connectivity index (χ1) is 8.22. The topological polar surface area (TPSA) is 43.4 Å². The first-order valence-corrected chi connectivity index (χ1v) is 6.03. The molecule has 0 aromatic heterocycles. The predicted octanol–water partition coefficient (Wildman–Crippen LogP) is 2.85. The number of carbonyl (C=O) groups is 2. The Hall–Kier alpha value is -1.64. The van der Waals surface area contributed by atoms with Gasteiger partial charge in [-0.1, -0.05) is 18.6 Å². The highest BCUT2D eigenvalue weighted by molar-refractivity contribution is 6.00. The van der Waals surface area contributed by atoms with Gasteiger partial charge in [0.15, 0.2) is 5.78 Å². The van der Waals surface area contributed by atoms with E-state index in [0.717, 1.165) is 19.3 Å². The molecule has 1 aliphatic rings. The molecule has 17 heavy (non-hydrogen) atoms. The first-order valence-electron chi connectivity index (χ1n) is 6.03. The van der Waals surface area contributed by atoms with Gasteiger partial charge in [-0.05, 0) is 31.9 Å². The van der Waals surface area contributed by atoms with Gasteiger partial charge in [0.1, 0.15) is 0 Å². The monoisotopic (exact) mass is 232 g/mol. The number of ketones is 1. The second kappa shape index (κ2) is 5.13. The summed E-state index contributed by atoms with van der Waals surface area (Å²) in [5, 5.41) is 0. The number of Topliss-reactive ketones (excluding diaryl/α,β-unsaturated/α-hetero) is 1. The minimum atomic E-state index is -0.365. The standard InChI is InChI=1S/C14H16O3/c1-2-17-14(16)12-8-4-7-11(9-12)13(15)10-5-3-6-10/h4,7-10H,2-3,5-6H2,1H3. The van der Waals surface area contributed by atoms with Crippen molar-refractivity contribution in [2.45, 2.75) is 26.2 Å². The smallest absolute Gasteiger partial charge is 0.338 e. The molecule has 0 spiro atoms. The lowest BCUT2D eigenvalue weighted by atomic mass is 9.80. The molecule has 0 N–H and O–H groups in total. The average Bonchev–Trinajstić information content (AvgIpc) is 2.27. The minimum absolute atomic E-state index is 0.155. The third-order valence-corrected chi connectivity index (χ3v) is 3.13. The number of carbonyl (C=O) groups excluding carboxylic acids is 2. The van der Waals surface area contributed by atoms with Crippen molar-refractivity contribution in [3.05, 3.63) is 35.4 Å². The Morgan fingerprint density at radius 3 is 2.59 bits per heavy atom. The lowest BCUT2D eigenvalue weighted by Gasteiger charge is -2.23. The summed E-state index contributed by atoms with van der Waals surface area (Å²) in [6, 6.07) is 6.82. The molecule has 90 valence electrons. The van der Waals surface area contributed by atoms with Crippen molar-refractivity contribution >= 4 is 11.8 Å². The fourth-order valence-corrected chi connectivity index (χ4v) is 1.92. The van der Waals surface area contributed by atoms with Crippen LogP contribution in [0.25, 0.3) is 0 Å². The fourth-order valence-electron chi connectivity index (χ4n) is 1.92. The maximum absolute atomic E-state index is 12.0. The molecule has 3 nitrogen and oxygen atoms in total. The number of rotatable bonds is 4. The Morgan fingerprint density at radius 1 is 1.29 bits per heavy atom. The number of benzene rings is 1. The maximum Gasteiger partial charge on any atom is 0.338 e. The molecular formula is C14H16O3. The summed E-state index contributed by atoms with van der Waals surface area (Å²) in [6.45, 7) is 2.11. The zero-order chi connectivity index (χ0) is 12.3. The molecule has 1 saturated carbocycles. The SMILES string of the molecule is CCOC(=O)c1cccc(C(=O)C2CCC2)c1. The highest BCUT2D eigenvalue weighted by atomic mass is 16.5. The van der Waals surface area contributed by atoms with E-state index in [4.69, 9.17) is 4.74 Å². The van der Waals surface area contributed by atoms with Crippen molar-refractivity contribution in [2.75, 3.05) is 6.61 Å². The lowest BCUT2D eigenvalue weighted by molar-refractivity contribution is 0.0526. The molecule has 0 bridgehead atoms. The molecule has 1 aromatic carbocycles. The molecule has 0 radical (unpaired) electrons. The van der Waals surface area contributed by atoms with Gasteiger partial charge in [0.25, 0.3) is 0 Å². The molecule has 0 unspecified atom stereocenters. The summed E-state index contributed by atoms with van der Waals surface area (Å²) < 4.78 is 4.91. The Bertz CT molecular complexity index is 433. The summed E-state index contributed by atoms with van der Waals surface area (Å²) in [5.74, 6) is -0.0504. The molecule has 0 heterocycles. The lowest BCUT2D eigenvalue weighted by Crippen LogP contribution is -2.22. The predicted molar refractivity (Wildman–Crippen MR) is 64.1 cm³/mol. The van der Waals surface area contributed by atoms with Gasteiger partial charge in [0, 0.05) is 11.5 Å². The quantitative estimate of drug-likeness (QED) is 0.592. The molecule has 0 saturated heterocycles. The minimum Gasteiger partial charge on any atom is -0.462 e. The summed E-state index contributed by atoms with van der Waals surface area (Å²) in [4.78, 5) is 23.5. The van der Waals surface area contributed by atoms with E-state index in [1.54, 1.807) is 31.2 Å². The van der Waals surface area contributed by atoms with Crippen LogP contribution in [-0.4, -0.2) is 18.4 Å². The Labute approximate surface area is 101 Å². The van der Waals surface area contributed by atoms with Gasteiger partial charge in [-0.2, -0.15) is 0 Å². The molecule has 3 heteroatoms. The van der Waals surface area contributed by atoms with Crippen LogP contribution in [0, 0.1) is 5.92 Å². The number of ether oxygens (including phenoxy) is 1. The van der Waals surface area contributed by atoms with Crippen molar-refractivity contribution in [3.8, 4) is 0 Å². The third-order valence-electron chi connectivity index (χ3n) is 3.13. The van der Waals surface area contributed by atoms with Crippen LogP contribution < -0.4 is 0 Å². The number of hydrogen-bond donors (Lipinski definition) is 0. The zero-order valence-corrected chi connectivity index (χ0v) is 9.94. The summed E-state index contributed by atoms with van der Waals surface area (Å²) in [5.41, 5.74) is 1.08. The van der Waals surface area contributed by atoms with Crippen molar-refractivity contribution in [3.63, 3.8) is 0 Å². The highest BCUT2D eigenvalue weighted by Gasteiger charge is 2.26. The van der Waals surface area contributed by atoms with E-state index < -0.39 is 0 Å². The van der Waals surface area contributed by atoms with Crippen molar-refractivity contribution in [2.24, 2.45) is 5.92 Å². The molecule has 1 aliphatic carbocycles. The summed E-state index contributed by atoms with van der Waals surface area (Å²) in [7, 11) is 0. The largest absolute Gasteiger partial charge is 0.462 e. The van der Waals surface area contributed by atoms with Crippen LogP contribution in [0.3, 0.4) is 0 Å². The van der Waals surface area contributed by atoms with Crippen LogP contribution in [0.4, 0.5) is 0 Å². The summed E-state index contributed by atoms with van der Waals surface area (Å²) in [6.07, 6.45) is 3.08. The van der Waals surface area contributed by atoms with Gasteiger partial charge in [0.2, 0.25) is 0 Å². The van der Waals surface area contributed by atoms with Crippen LogP contribution in [0.1, 0.15) is 46.9 Å². The van der Waals surface area contributed by atoms with E-state index in [-0.39, 0.29) is 17.7 Å². The van der Waals surface area contributed by atoms with Crippen LogP contribution >= 0.6 is 0 Å². The molecule has 2 rings (SSSR count). The average molecular weight is 232 g/mol. The van der Waals surface area contributed by atoms with Gasteiger partial charge < -0.3 is 4.74 Å². The van der Waals surface area contributed by atoms with Gasteiger partial charge in [-0.3, -0.25) is 4.79 Å². The van der Waals surface area contributed by atoms with E-state index in [0.29, 0.717) is 17.7 Å². The van der Waals surface area contributed by atoms with Crippen molar-refractivity contribution < 1.29 is 14.3 Å². The van der Waals surface area contributed by atoms with E-state index in [1.165, 1.54) is 0 Å². The second-order valence-corrected chi connectivity index (χ2v) is 4.29. The molecule has 0 aliphatic heterocycles. The van der Waals surface area contributed by atoms with Crippen LogP contribution in [-0.2, 0) is 4.74 Å². The van der Waals surface area contributed by atoms with Crippen LogP contribution in [0.2, 0.25) is 0 Å². The Kier molecular flexibility index (Phi) is 3.57. The highest BCUT2D eigenvalue weighted by Crippen LogP contribution is 2.29. The van der Waals surface area contributed by atoms with E-state index >= 15 is 0 Å². The molecule has 0 amide bonds. The van der Waals surface area contributed by atoms with Crippen molar-refractivity contribution in [1.29, 1.82) is 0 Å². The number of esters is 1. The molecule has 0 atom stereocenters. The van der Waals surface area contributed by atoms with Crippen molar-refractivity contribution in [1.82, 2.24) is 0 Å². The molecule has 1 fully saturated rings. The Morgan fingerprint density at radius 2 is 2.00 bits per heavy atom. The van der Waals surface area contributed by atoms with E-state index in [9.17, 15) is 9.59 Å². The number of hydrogen-bond acceptors (Lipinski definition) is 3. The van der Waals surface area contributed by atoms with Crippen LogP contribution in [0.5, 0.6) is 0 Å². The van der Waals surface area contributed by atoms with Gasteiger partial charge in [0.05, 0.1) is 12.2 Å². The summed E-state index contributed by atoms with van der Waals surface area (Å²) >= 11 is 0. The fraction of sp³-hybridized carbons (Fsp3) is 0.429. The zero-order valence-electron chi connectivity index (χ0n) is 9.94. The van der Waals surface area contributed by atoms with Gasteiger partial charge in [-0.25, -0.2) is 4.79 Å². The molecular weight excluding hydrogens is 216 g/mol.